The Labute approximate surface area is 113 Å². The molecule has 0 saturated carbocycles. The van der Waals surface area contributed by atoms with E-state index in [1.165, 1.54) is 0 Å². The Balaban J connectivity index is 4.15. The summed E-state index contributed by atoms with van der Waals surface area (Å²) in [5, 5.41) is 0. The molecule has 0 aliphatic heterocycles. The molecular formula is C13H26O2SSi. The van der Waals surface area contributed by atoms with Crippen LogP contribution in [0.3, 0.4) is 0 Å². The van der Waals surface area contributed by atoms with E-state index in [9.17, 15) is 4.79 Å². The minimum Gasteiger partial charge on any atom is -0.360 e. The lowest BCUT2D eigenvalue weighted by Gasteiger charge is -2.19. The molecule has 1 atom stereocenters. The summed E-state index contributed by atoms with van der Waals surface area (Å²) in [4.78, 5) is 10.8. The summed E-state index contributed by atoms with van der Waals surface area (Å²) in [6, 6.07) is 1.13. The van der Waals surface area contributed by atoms with Crippen molar-refractivity contribution in [3.05, 3.63) is 11.6 Å². The zero-order valence-electron chi connectivity index (χ0n) is 11.5. The van der Waals surface area contributed by atoms with E-state index in [4.69, 9.17) is 3.87 Å². The van der Waals surface area contributed by atoms with E-state index >= 15 is 0 Å². The highest BCUT2D eigenvalue weighted by atomic mass is 32.1. The topological polar surface area (TPSA) is 26.3 Å². The third-order valence-electron chi connectivity index (χ3n) is 3.13. The van der Waals surface area contributed by atoms with Crippen LogP contribution < -0.4 is 0 Å². The zero-order chi connectivity index (χ0) is 13.3. The third kappa shape index (κ3) is 7.79. The molecule has 0 rings (SSSR count). The molecule has 1 unspecified atom stereocenters. The van der Waals surface area contributed by atoms with Crippen molar-refractivity contribution in [1.29, 1.82) is 0 Å². The largest absolute Gasteiger partial charge is 0.360 e. The van der Waals surface area contributed by atoms with Gasteiger partial charge in [0.25, 0.3) is 0 Å². The van der Waals surface area contributed by atoms with Crippen molar-refractivity contribution in [2.75, 3.05) is 0 Å². The molecule has 0 N–H and O–H groups in total. The second-order valence-electron chi connectivity index (χ2n) is 5.12. The molecule has 100 valence electrons. The van der Waals surface area contributed by atoms with Crippen molar-refractivity contribution in [2.24, 2.45) is 5.92 Å². The summed E-state index contributed by atoms with van der Waals surface area (Å²) in [6.07, 6.45) is 7.36. The van der Waals surface area contributed by atoms with Crippen LogP contribution in [0.1, 0.15) is 39.5 Å². The van der Waals surface area contributed by atoms with Crippen LogP contribution in [0.15, 0.2) is 11.6 Å². The quantitative estimate of drug-likeness (QED) is 0.222. The number of rotatable bonds is 9. The van der Waals surface area contributed by atoms with E-state index in [1.54, 1.807) is 0 Å². The Bertz CT molecular complexity index is 252. The Kier molecular flexibility index (Phi) is 8.91. The van der Waals surface area contributed by atoms with Crippen molar-refractivity contribution in [1.82, 2.24) is 0 Å². The van der Waals surface area contributed by atoms with Crippen molar-refractivity contribution in [3.63, 3.8) is 0 Å². The molecule has 0 aliphatic carbocycles. The van der Waals surface area contributed by atoms with Gasteiger partial charge in [-0.2, -0.15) is 0 Å². The van der Waals surface area contributed by atoms with Gasteiger partial charge in [0.1, 0.15) is 6.29 Å². The maximum Gasteiger partial charge on any atom is 0.205 e. The van der Waals surface area contributed by atoms with E-state index in [1.807, 2.05) is 6.92 Å². The van der Waals surface area contributed by atoms with Crippen molar-refractivity contribution < 1.29 is 8.67 Å². The number of hydrogen-bond donors (Lipinski definition) is 1. The molecule has 4 heteroatoms. The van der Waals surface area contributed by atoms with Gasteiger partial charge >= 0.3 is 0 Å². The van der Waals surface area contributed by atoms with Gasteiger partial charge in [-0.3, -0.25) is 4.79 Å². The zero-order valence-corrected chi connectivity index (χ0v) is 13.4. The van der Waals surface area contributed by atoms with Gasteiger partial charge in [0.2, 0.25) is 8.32 Å². The minimum absolute atomic E-state index is 0.528. The fourth-order valence-corrected chi connectivity index (χ4v) is 3.20. The van der Waals surface area contributed by atoms with Crippen LogP contribution in [-0.4, -0.2) is 14.6 Å². The van der Waals surface area contributed by atoms with Gasteiger partial charge in [0.15, 0.2) is 0 Å². The molecule has 0 amide bonds. The summed E-state index contributed by atoms with van der Waals surface area (Å²) < 4.78 is 5.24. The average molecular weight is 275 g/mol. The maximum atomic E-state index is 10.8. The van der Waals surface area contributed by atoms with Crippen LogP contribution in [0.25, 0.3) is 0 Å². The van der Waals surface area contributed by atoms with Crippen molar-refractivity contribution in [3.8, 4) is 0 Å². The molecular weight excluding hydrogens is 248 g/mol. The second kappa shape index (κ2) is 8.95. The number of carbonyl (C=O) groups excluding carboxylic acids is 1. The van der Waals surface area contributed by atoms with Gasteiger partial charge in [0.05, 0.1) is 0 Å². The predicted molar refractivity (Wildman–Crippen MR) is 79.8 cm³/mol. The number of thiol groups is 1. The third-order valence-corrected chi connectivity index (χ3v) is 6.67. The normalized spacial score (nSPS) is 14.8. The molecule has 0 heterocycles. The van der Waals surface area contributed by atoms with Crippen molar-refractivity contribution >= 4 is 27.5 Å². The standard InChI is InChI=1S/C13H26O2SSi/c1-5-12(10-13(6-2)11-14)8-7-9-17(3,4)15-16/h10-12,16H,5-9H2,1-4H3/b13-10+. The van der Waals surface area contributed by atoms with E-state index < -0.39 is 8.32 Å². The van der Waals surface area contributed by atoms with E-state index in [0.717, 1.165) is 43.6 Å². The molecule has 0 radical (unpaired) electrons. The summed E-state index contributed by atoms with van der Waals surface area (Å²) >= 11 is 3.94. The lowest BCUT2D eigenvalue weighted by atomic mass is 9.97. The van der Waals surface area contributed by atoms with Gasteiger partial charge in [-0.25, -0.2) is 0 Å². The molecule has 17 heavy (non-hydrogen) atoms. The summed E-state index contributed by atoms with van der Waals surface area (Å²) in [5.41, 5.74) is 0.929. The van der Waals surface area contributed by atoms with Gasteiger partial charge < -0.3 is 3.87 Å². The summed E-state index contributed by atoms with van der Waals surface area (Å²) in [5.74, 6) is 0.528. The highest BCUT2D eigenvalue weighted by molar-refractivity contribution is 7.76. The molecule has 0 aliphatic rings. The Morgan fingerprint density at radius 1 is 1.41 bits per heavy atom. The molecule has 0 aromatic carbocycles. The van der Waals surface area contributed by atoms with Crippen LogP contribution in [0.2, 0.25) is 19.1 Å². The predicted octanol–water partition coefficient (Wildman–Crippen LogP) is 4.39. The summed E-state index contributed by atoms with van der Waals surface area (Å²) in [6.45, 7) is 8.56. The SMILES string of the molecule is CC/C(C=O)=C\C(CC)CCC[Si](C)(C)OS. The first-order chi connectivity index (χ1) is 7.99. The first-order valence-corrected chi connectivity index (χ1v) is 9.95. The van der Waals surface area contributed by atoms with Crippen LogP contribution in [0.5, 0.6) is 0 Å². The molecule has 2 nitrogen and oxygen atoms in total. The monoisotopic (exact) mass is 274 g/mol. The molecule has 0 aromatic rings. The number of aldehydes is 1. The molecule has 0 bridgehead atoms. The second-order valence-corrected chi connectivity index (χ2v) is 9.87. The molecule has 0 saturated heterocycles. The Hall–Kier alpha value is -0.0631. The van der Waals surface area contributed by atoms with Gasteiger partial charge in [-0.05, 0) is 62.8 Å². The van der Waals surface area contributed by atoms with E-state index in [0.29, 0.717) is 5.92 Å². The van der Waals surface area contributed by atoms with Gasteiger partial charge in [-0.15, -0.1) is 0 Å². The first-order valence-electron chi connectivity index (χ1n) is 6.47. The fourth-order valence-electron chi connectivity index (χ4n) is 1.78. The molecule has 0 spiro atoms. The molecule has 0 fully saturated rings. The minimum atomic E-state index is -1.54. The maximum absolute atomic E-state index is 10.8. The number of allylic oxidation sites excluding steroid dienone is 2. The first kappa shape index (κ1) is 16.9. The summed E-state index contributed by atoms with van der Waals surface area (Å²) in [7, 11) is -1.54. The smallest absolute Gasteiger partial charge is 0.205 e. The fraction of sp³-hybridized carbons (Fsp3) is 0.769. The number of hydrogen-bond acceptors (Lipinski definition) is 3. The molecule has 0 aromatic heterocycles. The highest BCUT2D eigenvalue weighted by Gasteiger charge is 2.21. The van der Waals surface area contributed by atoms with Crippen LogP contribution >= 0.6 is 12.9 Å². The van der Waals surface area contributed by atoms with Gasteiger partial charge in [0, 0.05) is 0 Å². The number of carbonyl (C=O) groups is 1. The van der Waals surface area contributed by atoms with Crippen LogP contribution in [0, 0.1) is 5.92 Å². The highest BCUT2D eigenvalue weighted by Crippen LogP contribution is 2.22. The average Bonchev–Trinajstić information content (AvgIpc) is 2.33. The Morgan fingerprint density at radius 3 is 2.47 bits per heavy atom. The van der Waals surface area contributed by atoms with E-state index in [2.05, 4.69) is 39.0 Å². The van der Waals surface area contributed by atoms with Crippen LogP contribution in [0.4, 0.5) is 0 Å². The Morgan fingerprint density at radius 2 is 2.06 bits per heavy atom. The lowest BCUT2D eigenvalue weighted by Crippen LogP contribution is -2.26. The van der Waals surface area contributed by atoms with E-state index in [-0.39, 0.29) is 0 Å². The van der Waals surface area contributed by atoms with Crippen LogP contribution in [-0.2, 0) is 8.67 Å². The van der Waals surface area contributed by atoms with Gasteiger partial charge in [-0.1, -0.05) is 26.3 Å². The lowest BCUT2D eigenvalue weighted by molar-refractivity contribution is -0.105. The van der Waals surface area contributed by atoms with Crippen molar-refractivity contribution in [2.45, 2.75) is 58.7 Å².